The summed E-state index contributed by atoms with van der Waals surface area (Å²) in [7, 11) is -5.69. The Bertz CT molecular complexity index is 868. The zero-order chi connectivity index (χ0) is 22.9. The van der Waals surface area contributed by atoms with Gasteiger partial charge in [-0.2, -0.15) is 9.13 Å². The molecule has 1 rings (SSSR count). The molecular formula is C15H22BN2O11S+. The molecule has 0 aliphatic carbocycles. The van der Waals surface area contributed by atoms with Crippen LogP contribution in [0, 0.1) is 0 Å². The van der Waals surface area contributed by atoms with Crippen molar-refractivity contribution in [2.75, 3.05) is 11.5 Å². The summed E-state index contributed by atoms with van der Waals surface area (Å²) in [6.45, 7) is 3.77. The average Bonchev–Trinajstić information content (AvgIpc) is 3.06. The second-order valence-corrected chi connectivity index (χ2v) is 8.20. The zero-order valence-corrected chi connectivity index (χ0v) is 17.2. The lowest BCUT2D eigenvalue weighted by molar-refractivity contribution is -0.695. The molecule has 0 bridgehead atoms. The quantitative estimate of drug-likeness (QED) is 0.231. The van der Waals surface area contributed by atoms with E-state index < -0.39 is 41.0 Å². The number of carboxylic acid groups (broad SMARTS) is 2. The summed E-state index contributed by atoms with van der Waals surface area (Å²) < 4.78 is 40.8. The molecule has 0 fully saturated rings. The van der Waals surface area contributed by atoms with Gasteiger partial charge in [-0.05, 0) is 13.3 Å². The molecule has 2 N–H and O–H groups in total. The molecule has 0 saturated carbocycles. The molecule has 1 aromatic heterocycles. The van der Waals surface area contributed by atoms with Crippen molar-refractivity contribution >= 4 is 41.0 Å². The Kier molecular flexibility index (Phi) is 9.30. The van der Waals surface area contributed by atoms with Crippen molar-refractivity contribution in [1.29, 1.82) is 0 Å². The molecule has 1 heterocycles. The van der Waals surface area contributed by atoms with E-state index in [1.165, 1.54) is 21.5 Å². The molecule has 13 nitrogen and oxygen atoms in total. The van der Waals surface area contributed by atoms with Crippen molar-refractivity contribution in [3.05, 3.63) is 12.4 Å². The molecule has 0 amide bonds. The number of nitrogens with zero attached hydrogens (tertiary/aromatic N) is 2. The van der Waals surface area contributed by atoms with E-state index in [2.05, 4.69) is 9.31 Å². The first-order valence-corrected chi connectivity index (χ1v) is 10.7. The first-order chi connectivity index (χ1) is 14.0. The fraction of sp³-hybridized carbons (Fsp3) is 0.533. The first-order valence-electron chi connectivity index (χ1n) is 8.84. The summed E-state index contributed by atoms with van der Waals surface area (Å²) in [6, 6.07) is -0.149. The van der Waals surface area contributed by atoms with Gasteiger partial charge in [0.15, 0.2) is 9.84 Å². The van der Waals surface area contributed by atoms with Crippen LogP contribution in [0.15, 0.2) is 12.4 Å². The number of aliphatic carboxylic acids is 2. The lowest BCUT2D eigenvalue weighted by Crippen LogP contribution is -2.45. The van der Waals surface area contributed by atoms with Gasteiger partial charge in [-0.25, -0.2) is 27.6 Å². The first kappa shape index (κ1) is 24.9. The Morgan fingerprint density at radius 2 is 1.63 bits per heavy atom. The van der Waals surface area contributed by atoms with Crippen LogP contribution in [0.25, 0.3) is 0 Å². The van der Waals surface area contributed by atoms with Crippen LogP contribution < -0.4 is 9.22 Å². The van der Waals surface area contributed by atoms with E-state index >= 15 is 0 Å². The van der Waals surface area contributed by atoms with Crippen molar-refractivity contribution in [1.82, 2.24) is 4.57 Å². The number of rotatable bonds is 11. The summed E-state index contributed by atoms with van der Waals surface area (Å²) >= 11 is 0. The highest BCUT2D eigenvalue weighted by molar-refractivity contribution is 7.91. The number of sulfone groups is 1. The van der Waals surface area contributed by atoms with Crippen LogP contribution in [0.4, 0.5) is 0 Å². The Labute approximate surface area is 172 Å². The van der Waals surface area contributed by atoms with Crippen molar-refractivity contribution < 1.29 is 56.3 Å². The minimum atomic E-state index is -3.36. The molecule has 0 saturated heterocycles. The summed E-state index contributed by atoms with van der Waals surface area (Å²) in [5.74, 6) is -8.02. The van der Waals surface area contributed by atoms with Gasteiger partial charge in [0.1, 0.15) is 18.9 Å². The van der Waals surface area contributed by atoms with Crippen molar-refractivity contribution in [2.45, 2.75) is 39.8 Å². The van der Waals surface area contributed by atoms with Crippen LogP contribution in [0.5, 0.6) is 6.01 Å². The van der Waals surface area contributed by atoms with E-state index in [-0.39, 0.29) is 30.6 Å². The monoisotopic (exact) mass is 449 g/mol. The van der Waals surface area contributed by atoms with Crippen LogP contribution >= 0.6 is 0 Å². The molecule has 0 radical (unpaired) electrons. The minimum absolute atomic E-state index is 0.00378. The predicted molar refractivity (Wildman–Crippen MR) is 97.7 cm³/mol. The zero-order valence-electron chi connectivity index (χ0n) is 16.3. The molecule has 1 aromatic rings. The molecule has 0 atom stereocenters. The largest absolute Gasteiger partial charge is 0.873 e. The third-order valence-electron chi connectivity index (χ3n) is 3.67. The fourth-order valence-electron chi connectivity index (χ4n) is 2.14. The molecule has 0 unspecified atom stereocenters. The van der Waals surface area contributed by atoms with Gasteiger partial charge in [-0.3, -0.25) is 0 Å². The van der Waals surface area contributed by atoms with E-state index in [1.807, 2.05) is 6.92 Å². The predicted octanol–water partition coefficient (Wildman–Crippen LogP) is -1.37. The number of hydrogen-bond donors (Lipinski definition) is 2. The molecule has 0 aliphatic rings. The average molecular weight is 449 g/mol. The minimum Gasteiger partial charge on any atom is -0.473 e. The normalized spacial score (nSPS) is 10.9. The van der Waals surface area contributed by atoms with E-state index in [9.17, 15) is 27.6 Å². The van der Waals surface area contributed by atoms with E-state index in [0.717, 1.165) is 0 Å². The summed E-state index contributed by atoms with van der Waals surface area (Å²) in [5.41, 5.74) is 0. The molecule has 166 valence electrons. The van der Waals surface area contributed by atoms with Gasteiger partial charge >= 0.3 is 37.2 Å². The van der Waals surface area contributed by atoms with Crippen molar-refractivity contribution in [3.63, 3.8) is 0 Å². The third-order valence-corrected chi connectivity index (χ3v) is 5.38. The Morgan fingerprint density at radius 3 is 2.10 bits per heavy atom. The highest BCUT2D eigenvalue weighted by Crippen LogP contribution is 2.09. The Hall–Kier alpha value is -3.10. The van der Waals surface area contributed by atoms with Crippen LogP contribution in [0.2, 0.25) is 0 Å². The van der Waals surface area contributed by atoms with Gasteiger partial charge in [0, 0.05) is 0 Å². The number of imidazole rings is 1. The number of unbranched alkanes of at least 4 members (excludes halogenated alkanes) is 1. The summed E-state index contributed by atoms with van der Waals surface area (Å²) in [6.07, 6.45) is 4.15. The van der Waals surface area contributed by atoms with Crippen LogP contribution in [0.3, 0.4) is 0 Å². The van der Waals surface area contributed by atoms with E-state index in [1.54, 1.807) is 6.92 Å². The number of aromatic nitrogens is 2. The second-order valence-electron chi connectivity index (χ2n) is 5.89. The maximum absolute atomic E-state index is 12.1. The summed E-state index contributed by atoms with van der Waals surface area (Å²) in [4.78, 5) is 44.0. The van der Waals surface area contributed by atoms with Crippen LogP contribution in [-0.4, -0.2) is 65.9 Å². The maximum Gasteiger partial charge on any atom is 0.873 e. The number of aryl methyl sites for hydroxylation is 2. The van der Waals surface area contributed by atoms with Gasteiger partial charge < -0.3 is 24.2 Å². The highest BCUT2D eigenvalue weighted by Gasteiger charge is 2.42. The lowest BCUT2D eigenvalue weighted by Gasteiger charge is -2.11. The van der Waals surface area contributed by atoms with Gasteiger partial charge in [0.05, 0.1) is 18.1 Å². The van der Waals surface area contributed by atoms with Gasteiger partial charge in [-0.15, -0.1) is 0 Å². The van der Waals surface area contributed by atoms with E-state index in [4.69, 9.17) is 14.9 Å². The highest BCUT2D eigenvalue weighted by atomic mass is 32.2. The van der Waals surface area contributed by atoms with Gasteiger partial charge in [-0.1, -0.05) is 13.3 Å². The van der Waals surface area contributed by atoms with E-state index in [0.29, 0.717) is 12.8 Å². The second kappa shape index (κ2) is 11.2. The smallest absolute Gasteiger partial charge is 0.473 e. The molecule has 0 aromatic carbocycles. The van der Waals surface area contributed by atoms with Crippen molar-refractivity contribution in [2.24, 2.45) is 0 Å². The molecule has 0 spiro atoms. The van der Waals surface area contributed by atoms with Crippen LogP contribution in [-0.2, 0) is 51.4 Å². The number of carboxylic acids is 2. The number of hydrogen-bond acceptors (Lipinski definition) is 9. The number of carbonyl (C=O) groups excluding carboxylic acids is 2. The number of carbonyl (C=O) groups is 4. The topological polar surface area (TPSA) is 179 Å². The maximum atomic E-state index is 12.1. The molecule has 30 heavy (non-hydrogen) atoms. The molecular weight excluding hydrogens is 427 g/mol. The van der Waals surface area contributed by atoms with Gasteiger partial charge in [0.2, 0.25) is 0 Å². The van der Waals surface area contributed by atoms with Crippen molar-refractivity contribution in [3.8, 4) is 6.01 Å². The van der Waals surface area contributed by atoms with Crippen LogP contribution in [0.1, 0.15) is 26.7 Å². The third kappa shape index (κ3) is 7.73. The summed E-state index contributed by atoms with van der Waals surface area (Å²) in [5, 5.41) is 17.3. The molecule has 15 heteroatoms. The standard InChI is InChI=1S/C15H21BN2O11S/c1-3-5-9-30(25,26)10-8-18-7-6-17(4-2)15(18)29-16(27-13(23)11(19)20)28-14(24)12(21)22/h6-7H,3-5,8-10H2,1-2H3,(H-,19,20,21,22)/p+1. The SMILES string of the molecule is CCCCS(=O)(=O)CC[n+]1ccn(CC)c1OB(OC(=O)C(=O)O)OC(=O)C(=O)O. The lowest BCUT2D eigenvalue weighted by atomic mass is 10.2. The Morgan fingerprint density at radius 1 is 1.07 bits per heavy atom. The van der Waals surface area contributed by atoms with Gasteiger partial charge in [0.25, 0.3) is 0 Å². The molecule has 0 aliphatic heterocycles. The fourth-order valence-corrected chi connectivity index (χ4v) is 3.54. The Balaban J connectivity index is 3.08.